The number of hydrogen-bond donors (Lipinski definition) is 3. The first-order valence-electron chi connectivity index (χ1n) is 10.1. The van der Waals surface area contributed by atoms with E-state index in [2.05, 4.69) is 20.9 Å². The van der Waals surface area contributed by atoms with Gasteiger partial charge in [0.1, 0.15) is 18.4 Å². The Morgan fingerprint density at radius 2 is 1.65 bits per heavy atom. The number of nitrogens with one attached hydrogen (secondary N) is 3. The smallest absolute Gasteiger partial charge is 0.251 e. The third kappa shape index (κ3) is 7.33. The van der Waals surface area contributed by atoms with Crippen LogP contribution in [0.4, 0.5) is 0 Å². The molecule has 0 spiro atoms. The molecule has 3 amide bonds. The van der Waals surface area contributed by atoms with Gasteiger partial charge in [0.2, 0.25) is 11.8 Å². The fourth-order valence-electron chi connectivity index (χ4n) is 2.82. The Hall–Kier alpha value is -3.55. The maximum absolute atomic E-state index is 12.9. The minimum absolute atomic E-state index is 0.0761. The first kappa shape index (κ1) is 23.7. The first-order chi connectivity index (χ1) is 14.8. The summed E-state index contributed by atoms with van der Waals surface area (Å²) in [4.78, 5) is 53.1. The van der Waals surface area contributed by atoms with E-state index in [9.17, 15) is 19.2 Å². The normalized spacial score (nSPS) is 13.5. The van der Waals surface area contributed by atoms with Crippen molar-refractivity contribution in [1.29, 1.82) is 0 Å². The van der Waals surface area contributed by atoms with Gasteiger partial charge in [-0.2, -0.15) is 0 Å². The zero-order valence-electron chi connectivity index (χ0n) is 17.9. The molecule has 1 aromatic carbocycles. The monoisotopic (exact) mass is 424 g/mol. The third-order valence-electron chi connectivity index (χ3n) is 4.75. The van der Waals surface area contributed by atoms with E-state index >= 15 is 0 Å². The Morgan fingerprint density at radius 1 is 0.935 bits per heavy atom. The van der Waals surface area contributed by atoms with Crippen LogP contribution >= 0.6 is 0 Å². The van der Waals surface area contributed by atoms with Crippen molar-refractivity contribution >= 4 is 24.0 Å². The molecule has 0 saturated carbocycles. The Bertz CT molecular complexity index is 887. The molecule has 0 fully saturated rings. The van der Waals surface area contributed by atoms with E-state index in [1.807, 2.05) is 13.8 Å². The number of hydrogen-bond acceptors (Lipinski definition) is 5. The lowest BCUT2D eigenvalue weighted by Crippen LogP contribution is -2.55. The second-order valence-corrected chi connectivity index (χ2v) is 7.60. The molecule has 0 aliphatic rings. The van der Waals surface area contributed by atoms with Crippen LogP contribution < -0.4 is 16.0 Å². The highest BCUT2D eigenvalue weighted by atomic mass is 16.2. The van der Waals surface area contributed by atoms with Crippen molar-refractivity contribution in [3.63, 3.8) is 0 Å². The number of rotatable bonds is 10. The van der Waals surface area contributed by atoms with Gasteiger partial charge in [-0.05, 0) is 36.6 Å². The molecule has 1 aromatic heterocycles. The third-order valence-corrected chi connectivity index (χ3v) is 4.75. The summed E-state index contributed by atoms with van der Waals surface area (Å²) in [6, 6.07) is 9.65. The maximum Gasteiger partial charge on any atom is 0.251 e. The molecular weight excluding hydrogens is 396 g/mol. The van der Waals surface area contributed by atoms with Gasteiger partial charge in [0.15, 0.2) is 0 Å². The van der Waals surface area contributed by atoms with Crippen LogP contribution in [0.15, 0.2) is 54.9 Å². The van der Waals surface area contributed by atoms with Crippen molar-refractivity contribution < 1.29 is 19.2 Å². The number of carbonyl (C=O) groups excluding carboxylic acids is 4. The highest BCUT2D eigenvalue weighted by molar-refractivity contribution is 5.98. The van der Waals surface area contributed by atoms with E-state index in [-0.39, 0.29) is 12.3 Å². The van der Waals surface area contributed by atoms with Gasteiger partial charge in [-0.15, -0.1) is 0 Å². The van der Waals surface area contributed by atoms with E-state index < -0.39 is 35.8 Å². The first-order valence-corrected chi connectivity index (χ1v) is 10.1. The zero-order valence-corrected chi connectivity index (χ0v) is 17.9. The van der Waals surface area contributed by atoms with Crippen molar-refractivity contribution in [1.82, 2.24) is 20.9 Å². The number of aldehydes is 1. The molecule has 2 aromatic rings. The summed E-state index contributed by atoms with van der Waals surface area (Å²) in [5, 5.41) is 7.96. The Balaban J connectivity index is 2.10. The number of pyridine rings is 1. The summed E-state index contributed by atoms with van der Waals surface area (Å²) in [7, 11) is 0. The second kappa shape index (κ2) is 11.6. The minimum atomic E-state index is -0.917. The number of carbonyl (C=O) groups is 4. The highest BCUT2D eigenvalue weighted by Gasteiger charge is 2.26. The molecule has 0 aliphatic heterocycles. The van der Waals surface area contributed by atoms with Gasteiger partial charge in [0.05, 0.1) is 6.04 Å². The zero-order chi connectivity index (χ0) is 22.8. The van der Waals surface area contributed by atoms with Crippen molar-refractivity contribution in [3.05, 3.63) is 66.0 Å². The molecule has 1 heterocycles. The van der Waals surface area contributed by atoms with Crippen LogP contribution in [-0.4, -0.2) is 47.1 Å². The minimum Gasteiger partial charge on any atom is -0.345 e. The molecule has 31 heavy (non-hydrogen) atoms. The standard InChI is InChI=1S/C23H28N4O4/c1-15(2)20(14-28)27-21(29)16(3)25-23(31)19(12-17-8-7-11-24-13-17)26-22(30)18-9-5-4-6-10-18/h4-11,13-16,19-20H,12H2,1-3H3,(H,25,31)(H,26,30)(H,27,29)/t16-,19+,20+/m0/s1. The van der Waals surface area contributed by atoms with E-state index in [1.165, 1.54) is 6.92 Å². The molecule has 164 valence electrons. The fraction of sp³-hybridized carbons (Fsp3) is 0.348. The SMILES string of the molecule is CC(C)[C@@H](C=O)NC(=O)[C@H](C)NC(=O)[C@@H](Cc1cccnc1)NC(=O)c1ccccc1. The predicted octanol–water partition coefficient (Wildman–Crippen LogP) is 1.27. The van der Waals surface area contributed by atoms with E-state index in [0.29, 0.717) is 11.8 Å². The Morgan fingerprint density at radius 3 is 2.23 bits per heavy atom. The summed E-state index contributed by atoms with van der Waals surface area (Å²) in [6.07, 6.45) is 4.10. The molecule has 0 aliphatic carbocycles. The predicted molar refractivity (Wildman–Crippen MR) is 116 cm³/mol. The summed E-state index contributed by atoms with van der Waals surface area (Å²) in [5.41, 5.74) is 1.18. The van der Waals surface area contributed by atoms with E-state index in [0.717, 1.165) is 5.56 Å². The summed E-state index contributed by atoms with van der Waals surface area (Å²) < 4.78 is 0. The van der Waals surface area contributed by atoms with Crippen LogP contribution in [0, 0.1) is 5.92 Å². The Kier molecular flexibility index (Phi) is 8.87. The van der Waals surface area contributed by atoms with Crippen molar-refractivity contribution in [2.24, 2.45) is 5.92 Å². The number of benzene rings is 1. The molecule has 3 atom stereocenters. The Labute approximate surface area is 181 Å². The average molecular weight is 425 g/mol. The molecule has 2 rings (SSSR count). The van der Waals surface area contributed by atoms with Crippen LogP contribution in [0.3, 0.4) is 0 Å². The van der Waals surface area contributed by atoms with Crippen molar-refractivity contribution in [3.8, 4) is 0 Å². The van der Waals surface area contributed by atoms with E-state index in [4.69, 9.17) is 0 Å². The maximum atomic E-state index is 12.9. The van der Waals surface area contributed by atoms with Gasteiger partial charge in [-0.1, -0.05) is 38.1 Å². The summed E-state index contributed by atoms with van der Waals surface area (Å²) in [5.74, 6) is -1.47. The van der Waals surface area contributed by atoms with Crippen molar-refractivity contribution in [2.45, 2.75) is 45.3 Å². The molecular formula is C23H28N4O4. The van der Waals surface area contributed by atoms with Gasteiger partial charge in [-0.25, -0.2) is 0 Å². The molecule has 3 N–H and O–H groups in total. The molecule has 0 saturated heterocycles. The van der Waals surface area contributed by atoms with Gasteiger partial charge < -0.3 is 20.7 Å². The van der Waals surface area contributed by atoms with Crippen LogP contribution in [-0.2, 0) is 20.8 Å². The molecule has 0 bridgehead atoms. The van der Waals surface area contributed by atoms with Crippen LogP contribution in [0.1, 0.15) is 36.7 Å². The van der Waals surface area contributed by atoms with Gasteiger partial charge >= 0.3 is 0 Å². The van der Waals surface area contributed by atoms with Gasteiger partial charge in [0, 0.05) is 24.4 Å². The van der Waals surface area contributed by atoms with Crippen LogP contribution in [0.2, 0.25) is 0 Å². The molecule has 0 unspecified atom stereocenters. The molecule has 0 radical (unpaired) electrons. The quantitative estimate of drug-likeness (QED) is 0.497. The summed E-state index contributed by atoms with van der Waals surface area (Å²) >= 11 is 0. The van der Waals surface area contributed by atoms with Crippen LogP contribution in [0.5, 0.6) is 0 Å². The van der Waals surface area contributed by atoms with Gasteiger partial charge in [-0.3, -0.25) is 19.4 Å². The number of nitrogens with zero attached hydrogens (tertiary/aromatic N) is 1. The molecule has 8 nitrogen and oxygen atoms in total. The second-order valence-electron chi connectivity index (χ2n) is 7.60. The lowest BCUT2D eigenvalue weighted by atomic mass is 10.0. The van der Waals surface area contributed by atoms with Gasteiger partial charge in [0.25, 0.3) is 5.91 Å². The average Bonchev–Trinajstić information content (AvgIpc) is 2.77. The fourth-order valence-corrected chi connectivity index (χ4v) is 2.82. The lowest BCUT2D eigenvalue weighted by molar-refractivity contribution is -0.130. The van der Waals surface area contributed by atoms with Crippen molar-refractivity contribution in [2.75, 3.05) is 0 Å². The number of aromatic nitrogens is 1. The van der Waals surface area contributed by atoms with Crippen LogP contribution in [0.25, 0.3) is 0 Å². The van der Waals surface area contributed by atoms with E-state index in [1.54, 1.807) is 54.9 Å². The summed E-state index contributed by atoms with van der Waals surface area (Å²) in [6.45, 7) is 5.15. The molecule has 8 heteroatoms. The number of amides is 3. The topological polar surface area (TPSA) is 117 Å². The highest BCUT2D eigenvalue weighted by Crippen LogP contribution is 2.06. The lowest BCUT2D eigenvalue weighted by Gasteiger charge is -2.23. The largest absolute Gasteiger partial charge is 0.345 e.